The first kappa shape index (κ1) is 12.1. The normalized spacial score (nSPS) is 18.4. The molecule has 1 aromatic rings. The average Bonchev–Trinajstić information content (AvgIpc) is 2.20. The van der Waals surface area contributed by atoms with Gasteiger partial charge in [0.05, 0.1) is 18.8 Å². The van der Waals surface area contributed by atoms with Gasteiger partial charge in [0.1, 0.15) is 5.82 Å². The molecule has 0 bridgehead atoms. The van der Waals surface area contributed by atoms with Gasteiger partial charge in [0, 0.05) is 17.8 Å². The zero-order valence-corrected chi connectivity index (χ0v) is 11.3. The highest BCUT2D eigenvalue weighted by Crippen LogP contribution is 2.33. The molecule has 3 nitrogen and oxygen atoms in total. The Kier molecular flexibility index (Phi) is 3.37. The number of nitrogens with zero attached hydrogens (tertiary/aromatic N) is 1. The summed E-state index contributed by atoms with van der Waals surface area (Å²) in [7, 11) is 3.27. The lowest BCUT2D eigenvalue weighted by Gasteiger charge is -2.49. The van der Waals surface area contributed by atoms with Crippen LogP contribution in [0, 0.1) is 9.39 Å². The number of hydrogen-bond donors (Lipinski definition) is 0. The van der Waals surface area contributed by atoms with Crippen molar-refractivity contribution in [3.8, 4) is 0 Å². The van der Waals surface area contributed by atoms with Gasteiger partial charge in [0.15, 0.2) is 0 Å². The maximum absolute atomic E-state index is 12.9. The van der Waals surface area contributed by atoms with E-state index in [-0.39, 0.29) is 5.82 Å². The fourth-order valence-electron chi connectivity index (χ4n) is 1.78. The van der Waals surface area contributed by atoms with E-state index in [1.165, 1.54) is 12.1 Å². The van der Waals surface area contributed by atoms with Gasteiger partial charge < -0.3 is 14.4 Å². The van der Waals surface area contributed by atoms with Crippen molar-refractivity contribution in [2.45, 2.75) is 5.79 Å². The van der Waals surface area contributed by atoms with E-state index >= 15 is 0 Å². The Morgan fingerprint density at radius 3 is 2.44 bits per heavy atom. The van der Waals surface area contributed by atoms with Crippen LogP contribution in [-0.2, 0) is 9.47 Å². The Morgan fingerprint density at radius 1 is 1.31 bits per heavy atom. The molecule has 0 unspecified atom stereocenters. The average molecular weight is 337 g/mol. The lowest BCUT2D eigenvalue weighted by molar-refractivity contribution is -0.219. The maximum atomic E-state index is 12.9. The molecule has 0 spiro atoms. The molecule has 0 saturated carbocycles. The Bertz CT molecular complexity index is 388. The van der Waals surface area contributed by atoms with Crippen LogP contribution in [0.4, 0.5) is 10.1 Å². The molecule has 0 aromatic heterocycles. The van der Waals surface area contributed by atoms with Crippen molar-refractivity contribution in [2.24, 2.45) is 0 Å². The fourth-order valence-corrected chi connectivity index (χ4v) is 2.60. The standard InChI is InChI=1S/C11H13FINO2/c1-15-11(16-2)6-14(7-11)10-4-3-8(12)5-9(10)13/h3-5H,6-7H2,1-2H3. The molecule has 5 heteroatoms. The summed E-state index contributed by atoms with van der Waals surface area (Å²) in [6, 6.07) is 4.78. The van der Waals surface area contributed by atoms with Crippen molar-refractivity contribution in [3.63, 3.8) is 0 Å². The first-order chi connectivity index (χ1) is 7.60. The summed E-state index contributed by atoms with van der Waals surface area (Å²) < 4.78 is 24.4. The molecule has 1 aliphatic heterocycles. The molecule has 1 saturated heterocycles. The van der Waals surface area contributed by atoms with Gasteiger partial charge in [-0.25, -0.2) is 4.39 Å². The van der Waals surface area contributed by atoms with Crippen LogP contribution >= 0.6 is 22.6 Å². The first-order valence-electron chi connectivity index (χ1n) is 4.90. The van der Waals surface area contributed by atoms with Gasteiger partial charge in [-0.3, -0.25) is 0 Å². The molecule has 0 amide bonds. The molecule has 0 atom stereocenters. The van der Waals surface area contributed by atoms with Crippen LogP contribution in [0.25, 0.3) is 0 Å². The summed E-state index contributed by atoms with van der Waals surface area (Å²) in [6.45, 7) is 1.34. The van der Waals surface area contributed by atoms with Crippen molar-refractivity contribution in [2.75, 3.05) is 32.2 Å². The first-order valence-corrected chi connectivity index (χ1v) is 5.98. The van der Waals surface area contributed by atoms with Crippen LogP contribution in [-0.4, -0.2) is 33.1 Å². The van der Waals surface area contributed by atoms with E-state index in [1.54, 1.807) is 20.3 Å². The highest BCUT2D eigenvalue weighted by molar-refractivity contribution is 14.1. The van der Waals surface area contributed by atoms with E-state index in [0.717, 1.165) is 9.26 Å². The summed E-state index contributed by atoms with van der Waals surface area (Å²) in [5, 5.41) is 0. The molecule has 0 aliphatic carbocycles. The topological polar surface area (TPSA) is 21.7 Å². The molecule has 0 radical (unpaired) electrons. The minimum absolute atomic E-state index is 0.210. The smallest absolute Gasteiger partial charge is 0.203 e. The molecular formula is C11H13FINO2. The molecular weight excluding hydrogens is 324 g/mol. The second kappa shape index (κ2) is 4.46. The van der Waals surface area contributed by atoms with Gasteiger partial charge in [0.2, 0.25) is 5.79 Å². The highest BCUT2D eigenvalue weighted by atomic mass is 127. The molecule has 1 heterocycles. The Hall–Kier alpha value is -0.400. The third-order valence-electron chi connectivity index (χ3n) is 2.86. The van der Waals surface area contributed by atoms with Crippen molar-refractivity contribution in [1.82, 2.24) is 0 Å². The van der Waals surface area contributed by atoms with Crippen LogP contribution < -0.4 is 4.90 Å². The zero-order chi connectivity index (χ0) is 11.8. The SMILES string of the molecule is COC1(OC)CN(c2ccc(F)cc2I)C1. The second-order valence-electron chi connectivity index (χ2n) is 3.77. The lowest BCUT2D eigenvalue weighted by atomic mass is 10.1. The number of benzene rings is 1. The lowest BCUT2D eigenvalue weighted by Crippen LogP contribution is -2.64. The van der Waals surface area contributed by atoms with E-state index in [4.69, 9.17) is 9.47 Å². The van der Waals surface area contributed by atoms with Gasteiger partial charge in [0.25, 0.3) is 0 Å². The number of methoxy groups -OCH3 is 2. The largest absolute Gasteiger partial charge is 0.360 e. The van der Waals surface area contributed by atoms with E-state index in [9.17, 15) is 4.39 Å². The quantitative estimate of drug-likeness (QED) is 0.624. The van der Waals surface area contributed by atoms with E-state index in [0.29, 0.717) is 13.1 Å². The van der Waals surface area contributed by atoms with Gasteiger partial charge in [-0.1, -0.05) is 0 Å². The number of halogens is 2. The Morgan fingerprint density at radius 2 is 1.94 bits per heavy atom. The van der Waals surface area contributed by atoms with E-state index in [1.807, 2.05) is 0 Å². The third kappa shape index (κ3) is 2.03. The third-order valence-corrected chi connectivity index (χ3v) is 3.72. The molecule has 16 heavy (non-hydrogen) atoms. The number of rotatable bonds is 3. The molecule has 1 aliphatic rings. The molecule has 88 valence electrons. The summed E-state index contributed by atoms with van der Waals surface area (Å²) in [5.74, 6) is -0.712. The fraction of sp³-hybridized carbons (Fsp3) is 0.455. The summed E-state index contributed by atoms with van der Waals surface area (Å²) in [4.78, 5) is 2.11. The summed E-state index contributed by atoms with van der Waals surface area (Å²) >= 11 is 2.13. The predicted octanol–water partition coefficient (Wildman–Crippen LogP) is 2.24. The van der Waals surface area contributed by atoms with Crippen molar-refractivity contribution in [1.29, 1.82) is 0 Å². The predicted molar refractivity (Wildman–Crippen MR) is 68.1 cm³/mol. The minimum atomic E-state index is -0.503. The monoisotopic (exact) mass is 337 g/mol. The van der Waals surface area contributed by atoms with Crippen LogP contribution in [0.15, 0.2) is 18.2 Å². The number of anilines is 1. The number of hydrogen-bond acceptors (Lipinski definition) is 3. The van der Waals surface area contributed by atoms with Gasteiger partial charge in [-0.05, 0) is 40.8 Å². The Labute approximate surface area is 108 Å². The summed E-state index contributed by atoms with van der Waals surface area (Å²) in [5.41, 5.74) is 1.02. The highest BCUT2D eigenvalue weighted by Gasteiger charge is 2.44. The van der Waals surface area contributed by atoms with Crippen molar-refractivity contribution >= 4 is 28.3 Å². The molecule has 2 rings (SSSR count). The minimum Gasteiger partial charge on any atom is -0.360 e. The van der Waals surface area contributed by atoms with Crippen LogP contribution in [0.1, 0.15) is 0 Å². The molecule has 1 aromatic carbocycles. The van der Waals surface area contributed by atoms with Crippen LogP contribution in [0.2, 0.25) is 0 Å². The van der Waals surface area contributed by atoms with E-state index in [2.05, 4.69) is 27.5 Å². The van der Waals surface area contributed by atoms with E-state index < -0.39 is 5.79 Å². The molecule has 1 fully saturated rings. The van der Waals surface area contributed by atoms with Gasteiger partial charge in [-0.2, -0.15) is 0 Å². The van der Waals surface area contributed by atoms with Gasteiger partial charge >= 0.3 is 0 Å². The number of ether oxygens (including phenoxy) is 2. The Balaban J connectivity index is 2.12. The second-order valence-corrected chi connectivity index (χ2v) is 4.93. The summed E-state index contributed by atoms with van der Waals surface area (Å²) in [6.07, 6.45) is 0. The van der Waals surface area contributed by atoms with Crippen molar-refractivity contribution < 1.29 is 13.9 Å². The van der Waals surface area contributed by atoms with Gasteiger partial charge in [-0.15, -0.1) is 0 Å². The maximum Gasteiger partial charge on any atom is 0.203 e. The molecule has 0 N–H and O–H groups in total. The zero-order valence-electron chi connectivity index (χ0n) is 9.17. The van der Waals surface area contributed by atoms with Crippen molar-refractivity contribution in [3.05, 3.63) is 27.6 Å². The van der Waals surface area contributed by atoms with Crippen LogP contribution in [0.5, 0.6) is 0 Å². The van der Waals surface area contributed by atoms with Crippen LogP contribution in [0.3, 0.4) is 0 Å².